The van der Waals surface area contributed by atoms with Crippen LogP contribution in [-0.4, -0.2) is 14.8 Å². The third-order valence-electron chi connectivity index (χ3n) is 2.47. The Labute approximate surface area is 86.9 Å². The van der Waals surface area contributed by atoms with E-state index in [-0.39, 0.29) is 11.4 Å². The van der Waals surface area contributed by atoms with Gasteiger partial charge in [-0.15, -0.1) is 0 Å². The molecule has 0 atom stereocenters. The SMILES string of the molecule is CCCCn1ccc2[nH]nc(N)c2c1=O. The molecular formula is C10H14N4O. The molecule has 0 amide bonds. The maximum atomic E-state index is 11.9. The van der Waals surface area contributed by atoms with E-state index in [1.807, 2.05) is 6.07 Å². The number of pyridine rings is 1. The molecule has 2 rings (SSSR count). The van der Waals surface area contributed by atoms with Gasteiger partial charge in [0.1, 0.15) is 5.39 Å². The largest absolute Gasteiger partial charge is 0.382 e. The number of rotatable bonds is 3. The van der Waals surface area contributed by atoms with Gasteiger partial charge < -0.3 is 10.3 Å². The number of hydrogen-bond donors (Lipinski definition) is 2. The number of aromatic nitrogens is 3. The molecule has 2 aromatic heterocycles. The van der Waals surface area contributed by atoms with Crippen LogP contribution in [-0.2, 0) is 6.54 Å². The van der Waals surface area contributed by atoms with Crippen molar-refractivity contribution in [3.05, 3.63) is 22.6 Å². The van der Waals surface area contributed by atoms with E-state index in [4.69, 9.17) is 5.73 Å². The highest BCUT2D eigenvalue weighted by Crippen LogP contribution is 2.11. The van der Waals surface area contributed by atoms with Crippen molar-refractivity contribution >= 4 is 16.7 Å². The fourth-order valence-electron chi connectivity index (χ4n) is 1.60. The van der Waals surface area contributed by atoms with E-state index in [1.165, 1.54) is 0 Å². The number of aryl methyl sites for hydroxylation is 1. The summed E-state index contributed by atoms with van der Waals surface area (Å²) in [7, 11) is 0. The van der Waals surface area contributed by atoms with E-state index in [0.717, 1.165) is 19.4 Å². The van der Waals surface area contributed by atoms with Crippen molar-refractivity contribution in [2.75, 3.05) is 5.73 Å². The Hall–Kier alpha value is -1.78. The topological polar surface area (TPSA) is 76.7 Å². The monoisotopic (exact) mass is 206 g/mol. The van der Waals surface area contributed by atoms with Crippen molar-refractivity contribution in [1.29, 1.82) is 0 Å². The Bertz CT molecular complexity index is 526. The Balaban J connectivity index is 2.54. The van der Waals surface area contributed by atoms with E-state index in [0.29, 0.717) is 10.9 Å². The Morgan fingerprint density at radius 2 is 2.40 bits per heavy atom. The molecule has 0 aliphatic carbocycles. The maximum Gasteiger partial charge on any atom is 0.263 e. The van der Waals surface area contributed by atoms with Crippen LogP contribution in [0.4, 0.5) is 5.82 Å². The lowest BCUT2D eigenvalue weighted by Crippen LogP contribution is -2.19. The highest BCUT2D eigenvalue weighted by atomic mass is 16.1. The quantitative estimate of drug-likeness (QED) is 0.789. The third kappa shape index (κ3) is 1.60. The third-order valence-corrected chi connectivity index (χ3v) is 2.47. The van der Waals surface area contributed by atoms with Crippen LogP contribution in [0.5, 0.6) is 0 Å². The zero-order valence-corrected chi connectivity index (χ0v) is 8.66. The van der Waals surface area contributed by atoms with Gasteiger partial charge in [-0.2, -0.15) is 5.10 Å². The fraction of sp³-hybridized carbons (Fsp3) is 0.400. The Kier molecular flexibility index (Phi) is 2.45. The predicted octanol–water partition coefficient (Wildman–Crippen LogP) is 1.11. The van der Waals surface area contributed by atoms with E-state index in [1.54, 1.807) is 10.8 Å². The number of fused-ring (bicyclic) bond motifs is 1. The summed E-state index contributed by atoms with van der Waals surface area (Å²) in [4.78, 5) is 11.9. The lowest BCUT2D eigenvalue weighted by atomic mass is 10.3. The molecule has 3 N–H and O–H groups in total. The second-order valence-electron chi connectivity index (χ2n) is 3.57. The standard InChI is InChI=1S/C10H14N4O/c1-2-3-5-14-6-4-7-8(10(14)15)9(11)13-12-7/h4,6H,2-3,5H2,1H3,(H3,11,12,13). The molecule has 0 saturated carbocycles. The predicted molar refractivity (Wildman–Crippen MR) is 59.7 cm³/mol. The van der Waals surface area contributed by atoms with Crippen molar-refractivity contribution in [2.24, 2.45) is 0 Å². The first kappa shape index (κ1) is 9.76. The summed E-state index contributed by atoms with van der Waals surface area (Å²) in [6.45, 7) is 2.83. The molecule has 15 heavy (non-hydrogen) atoms. The van der Waals surface area contributed by atoms with Crippen molar-refractivity contribution < 1.29 is 0 Å². The van der Waals surface area contributed by atoms with Gasteiger partial charge in [-0.1, -0.05) is 13.3 Å². The number of nitrogens with zero attached hydrogens (tertiary/aromatic N) is 2. The lowest BCUT2D eigenvalue weighted by Gasteiger charge is -2.03. The van der Waals surface area contributed by atoms with Gasteiger partial charge in [0.25, 0.3) is 5.56 Å². The van der Waals surface area contributed by atoms with E-state index in [2.05, 4.69) is 17.1 Å². The minimum atomic E-state index is -0.0628. The molecule has 0 radical (unpaired) electrons. The van der Waals surface area contributed by atoms with Crippen LogP contribution in [0.25, 0.3) is 10.9 Å². The summed E-state index contributed by atoms with van der Waals surface area (Å²) in [6, 6.07) is 1.83. The van der Waals surface area contributed by atoms with Gasteiger partial charge in [0.15, 0.2) is 5.82 Å². The Morgan fingerprint density at radius 3 is 3.13 bits per heavy atom. The van der Waals surface area contributed by atoms with E-state index in [9.17, 15) is 4.79 Å². The second-order valence-corrected chi connectivity index (χ2v) is 3.57. The Morgan fingerprint density at radius 1 is 1.60 bits per heavy atom. The number of nitrogens with two attached hydrogens (primary N) is 1. The molecule has 80 valence electrons. The van der Waals surface area contributed by atoms with Gasteiger partial charge in [0, 0.05) is 12.7 Å². The zero-order valence-electron chi connectivity index (χ0n) is 8.66. The first-order chi connectivity index (χ1) is 7.24. The molecule has 0 saturated heterocycles. The number of hydrogen-bond acceptors (Lipinski definition) is 3. The number of anilines is 1. The highest BCUT2D eigenvalue weighted by molar-refractivity contribution is 5.87. The first-order valence-electron chi connectivity index (χ1n) is 5.07. The molecule has 2 heterocycles. The number of aromatic amines is 1. The molecule has 0 aliphatic heterocycles. The molecule has 0 fully saturated rings. The van der Waals surface area contributed by atoms with Crippen molar-refractivity contribution in [1.82, 2.24) is 14.8 Å². The molecule has 2 aromatic rings. The minimum absolute atomic E-state index is 0.0628. The normalized spacial score (nSPS) is 11.0. The molecular weight excluding hydrogens is 192 g/mol. The van der Waals surface area contributed by atoms with Crippen molar-refractivity contribution in [3.63, 3.8) is 0 Å². The van der Waals surface area contributed by atoms with Gasteiger partial charge >= 0.3 is 0 Å². The average molecular weight is 206 g/mol. The summed E-state index contributed by atoms with van der Waals surface area (Å²) in [5.41, 5.74) is 6.26. The number of H-pyrrole nitrogens is 1. The van der Waals surface area contributed by atoms with Crippen LogP contribution >= 0.6 is 0 Å². The average Bonchev–Trinajstić information content (AvgIpc) is 2.60. The van der Waals surface area contributed by atoms with Crippen LogP contribution in [0.2, 0.25) is 0 Å². The van der Waals surface area contributed by atoms with E-state index < -0.39 is 0 Å². The summed E-state index contributed by atoms with van der Waals surface area (Å²) in [6.07, 6.45) is 3.83. The van der Waals surface area contributed by atoms with Gasteiger partial charge in [0.05, 0.1) is 5.52 Å². The smallest absolute Gasteiger partial charge is 0.263 e. The summed E-state index contributed by atoms with van der Waals surface area (Å²) >= 11 is 0. The maximum absolute atomic E-state index is 11.9. The molecule has 0 aromatic carbocycles. The molecule has 0 unspecified atom stereocenters. The van der Waals surface area contributed by atoms with Crippen LogP contribution in [0.1, 0.15) is 19.8 Å². The molecule has 0 bridgehead atoms. The summed E-state index contributed by atoms with van der Waals surface area (Å²) < 4.78 is 1.68. The van der Waals surface area contributed by atoms with Gasteiger partial charge in [-0.05, 0) is 12.5 Å². The highest BCUT2D eigenvalue weighted by Gasteiger charge is 2.08. The van der Waals surface area contributed by atoms with Crippen LogP contribution in [0.15, 0.2) is 17.1 Å². The number of unbranched alkanes of at least 4 members (excludes halogenated alkanes) is 1. The summed E-state index contributed by atoms with van der Waals surface area (Å²) in [5, 5.41) is 7.04. The van der Waals surface area contributed by atoms with Crippen molar-refractivity contribution in [3.8, 4) is 0 Å². The minimum Gasteiger partial charge on any atom is -0.382 e. The van der Waals surface area contributed by atoms with Gasteiger partial charge in [0.2, 0.25) is 0 Å². The lowest BCUT2D eigenvalue weighted by molar-refractivity contribution is 0.617. The first-order valence-corrected chi connectivity index (χ1v) is 5.07. The van der Waals surface area contributed by atoms with E-state index >= 15 is 0 Å². The number of nitrogen functional groups attached to an aromatic ring is 1. The van der Waals surface area contributed by atoms with Crippen LogP contribution in [0, 0.1) is 0 Å². The molecule has 5 nitrogen and oxygen atoms in total. The van der Waals surface area contributed by atoms with Crippen LogP contribution in [0.3, 0.4) is 0 Å². The second kappa shape index (κ2) is 3.76. The van der Waals surface area contributed by atoms with Gasteiger partial charge in [-0.3, -0.25) is 9.89 Å². The molecule has 0 spiro atoms. The van der Waals surface area contributed by atoms with Crippen LogP contribution < -0.4 is 11.3 Å². The van der Waals surface area contributed by atoms with Crippen molar-refractivity contribution in [2.45, 2.75) is 26.3 Å². The molecule has 5 heteroatoms. The number of nitrogens with one attached hydrogen (secondary N) is 1. The van der Waals surface area contributed by atoms with Gasteiger partial charge in [-0.25, -0.2) is 0 Å². The molecule has 0 aliphatic rings. The fourth-order valence-corrected chi connectivity index (χ4v) is 1.60. The summed E-state index contributed by atoms with van der Waals surface area (Å²) in [5.74, 6) is 0.279. The zero-order chi connectivity index (χ0) is 10.8.